The van der Waals surface area contributed by atoms with Gasteiger partial charge in [-0.3, -0.25) is 0 Å². The Kier molecular flexibility index (Phi) is 4.55. The van der Waals surface area contributed by atoms with Crippen LogP contribution in [0.5, 0.6) is 0 Å². The molecule has 0 saturated carbocycles. The van der Waals surface area contributed by atoms with E-state index in [2.05, 4.69) is 0 Å². The Labute approximate surface area is 132 Å². The Morgan fingerprint density at radius 2 is 2.14 bits per heavy atom. The first-order chi connectivity index (χ1) is 10.7. The van der Waals surface area contributed by atoms with Crippen molar-refractivity contribution in [2.24, 2.45) is 0 Å². The van der Waals surface area contributed by atoms with Crippen LogP contribution in [0.15, 0.2) is 24.3 Å². The van der Waals surface area contributed by atoms with Gasteiger partial charge in [-0.15, -0.1) is 11.3 Å². The second kappa shape index (κ2) is 6.58. The zero-order valence-electron chi connectivity index (χ0n) is 12.4. The van der Waals surface area contributed by atoms with Gasteiger partial charge < -0.3 is 9.47 Å². The molecule has 22 heavy (non-hydrogen) atoms. The van der Waals surface area contributed by atoms with E-state index in [4.69, 9.17) is 9.47 Å². The van der Waals surface area contributed by atoms with Crippen molar-refractivity contribution >= 4 is 17.3 Å². The first kappa shape index (κ1) is 15.2. The highest BCUT2D eigenvalue weighted by atomic mass is 32.1. The summed E-state index contributed by atoms with van der Waals surface area (Å²) in [5, 5.41) is 0. The van der Waals surface area contributed by atoms with Crippen LogP contribution in [-0.4, -0.2) is 19.2 Å². The minimum absolute atomic E-state index is 0.256. The zero-order valence-corrected chi connectivity index (χ0v) is 13.2. The van der Waals surface area contributed by atoms with Gasteiger partial charge in [-0.1, -0.05) is 12.1 Å². The first-order valence-corrected chi connectivity index (χ1v) is 8.13. The van der Waals surface area contributed by atoms with E-state index in [1.807, 2.05) is 0 Å². The maximum atomic E-state index is 13.0. The van der Waals surface area contributed by atoms with E-state index in [1.165, 1.54) is 12.1 Å². The summed E-state index contributed by atoms with van der Waals surface area (Å²) in [5.41, 5.74) is 2.73. The number of hydrogen-bond donors (Lipinski definition) is 0. The lowest BCUT2D eigenvalue weighted by molar-refractivity contribution is 0.0521. The number of carbonyl (C=O) groups excluding carboxylic acids is 1. The van der Waals surface area contributed by atoms with Crippen molar-refractivity contribution in [2.75, 3.05) is 13.2 Å². The van der Waals surface area contributed by atoms with E-state index in [9.17, 15) is 9.18 Å². The monoisotopic (exact) mass is 320 g/mol. The molecular formula is C17H17FO3S. The van der Waals surface area contributed by atoms with Gasteiger partial charge in [-0.2, -0.15) is 0 Å². The molecule has 0 atom stereocenters. The molecule has 0 N–H and O–H groups in total. The minimum atomic E-state index is -0.265. The van der Waals surface area contributed by atoms with Crippen LogP contribution in [0.1, 0.15) is 38.2 Å². The topological polar surface area (TPSA) is 35.5 Å². The molecule has 0 bridgehead atoms. The summed E-state index contributed by atoms with van der Waals surface area (Å²) >= 11 is 1.60. The number of thiophene rings is 1. The molecule has 0 radical (unpaired) electrons. The van der Waals surface area contributed by atoms with Gasteiger partial charge in [0.15, 0.2) is 0 Å². The average molecular weight is 320 g/mol. The predicted molar refractivity (Wildman–Crippen MR) is 82.8 cm³/mol. The van der Waals surface area contributed by atoms with Gasteiger partial charge in [0.1, 0.15) is 5.82 Å². The van der Waals surface area contributed by atoms with Crippen LogP contribution in [0.3, 0.4) is 0 Å². The Hall–Kier alpha value is -1.72. The number of rotatable bonds is 4. The number of fused-ring (bicyclic) bond motifs is 1. The van der Waals surface area contributed by atoms with E-state index >= 15 is 0 Å². The molecule has 1 aromatic heterocycles. The number of ether oxygens (including phenoxy) is 2. The fraction of sp³-hybridized carbons (Fsp3) is 0.353. The van der Waals surface area contributed by atoms with E-state index < -0.39 is 0 Å². The Bertz CT molecular complexity index is 676. The van der Waals surface area contributed by atoms with E-state index in [1.54, 1.807) is 30.4 Å². The van der Waals surface area contributed by atoms with Gasteiger partial charge in [-0.25, -0.2) is 9.18 Å². The number of hydrogen-bond acceptors (Lipinski definition) is 4. The smallest absolute Gasteiger partial charge is 0.339 e. The summed E-state index contributed by atoms with van der Waals surface area (Å²) in [6.45, 7) is 3.34. The third kappa shape index (κ3) is 3.05. The molecule has 0 spiro atoms. The normalized spacial score (nSPS) is 13.7. The molecule has 1 aliphatic heterocycles. The van der Waals surface area contributed by atoms with Crippen LogP contribution in [0.2, 0.25) is 0 Å². The summed E-state index contributed by atoms with van der Waals surface area (Å²) in [6, 6.07) is 6.38. The molecule has 116 valence electrons. The van der Waals surface area contributed by atoms with E-state index in [0.717, 1.165) is 27.3 Å². The number of carbonyl (C=O) groups is 1. The van der Waals surface area contributed by atoms with Crippen LogP contribution in [0, 0.1) is 5.82 Å². The van der Waals surface area contributed by atoms with Crippen molar-refractivity contribution in [3.05, 3.63) is 56.5 Å². The summed E-state index contributed by atoms with van der Waals surface area (Å²) in [4.78, 5) is 14.4. The molecule has 0 unspecified atom stereocenters. The fourth-order valence-corrected chi connectivity index (χ4v) is 3.96. The molecule has 3 rings (SSSR count). The predicted octanol–water partition coefficient (Wildman–Crippen LogP) is 3.73. The Morgan fingerprint density at radius 1 is 1.36 bits per heavy atom. The van der Waals surface area contributed by atoms with Crippen molar-refractivity contribution in [3.63, 3.8) is 0 Å². The maximum absolute atomic E-state index is 13.0. The van der Waals surface area contributed by atoms with Gasteiger partial charge in [0.2, 0.25) is 0 Å². The Morgan fingerprint density at radius 3 is 2.86 bits per heavy atom. The van der Waals surface area contributed by atoms with Gasteiger partial charge in [0, 0.05) is 16.2 Å². The molecule has 1 aliphatic rings. The summed E-state index contributed by atoms with van der Waals surface area (Å²) in [6.07, 6.45) is 1.34. The summed E-state index contributed by atoms with van der Waals surface area (Å²) in [5.74, 6) is -0.521. The maximum Gasteiger partial charge on any atom is 0.339 e. The van der Waals surface area contributed by atoms with Crippen molar-refractivity contribution < 1.29 is 18.7 Å². The lowest BCUT2D eigenvalue weighted by Crippen LogP contribution is -2.14. The number of halogens is 1. The van der Waals surface area contributed by atoms with Crippen molar-refractivity contribution in [3.8, 4) is 0 Å². The van der Waals surface area contributed by atoms with Crippen LogP contribution in [0.25, 0.3) is 0 Å². The molecule has 0 saturated heterocycles. The van der Waals surface area contributed by atoms with Gasteiger partial charge in [0.25, 0.3) is 0 Å². The standard InChI is InChI=1S/C17H17FO3S/c1-2-21-17(19)16-13-7-8-20-10-15(13)22-14(16)9-11-3-5-12(18)6-4-11/h3-6H,2,7-10H2,1H3. The molecule has 5 heteroatoms. The number of esters is 1. The SMILES string of the molecule is CCOC(=O)c1c(Cc2ccc(F)cc2)sc2c1CCOC2. The van der Waals surface area contributed by atoms with Gasteiger partial charge in [0.05, 0.1) is 25.4 Å². The molecule has 1 aromatic carbocycles. The van der Waals surface area contributed by atoms with Gasteiger partial charge in [-0.05, 0) is 36.6 Å². The van der Waals surface area contributed by atoms with Crippen LogP contribution < -0.4 is 0 Å². The molecule has 0 amide bonds. The van der Waals surface area contributed by atoms with Crippen LogP contribution >= 0.6 is 11.3 Å². The first-order valence-electron chi connectivity index (χ1n) is 7.31. The largest absolute Gasteiger partial charge is 0.462 e. The third-order valence-electron chi connectivity index (χ3n) is 3.65. The molecule has 3 nitrogen and oxygen atoms in total. The molecule has 0 fully saturated rings. The lowest BCUT2D eigenvalue weighted by Gasteiger charge is -2.13. The fourth-order valence-electron chi connectivity index (χ4n) is 2.64. The van der Waals surface area contributed by atoms with Crippen molar-refractivity contribution in [1.82, 2.24) is 0 Å². The second-order valence-electron chi connectivity index (χ2n) is 5.13. The summed E-state index contributed by atoms with van der Waals surface area (Å²) < 4.78 is 23.7. The molecular weight excluding hydrogens is 303 g/mol. The van der Waals surface area contributed by atoms with Crippen LogP contribution in [-0.2, 0) is 28.9 Å². The summed E-state index contributed by atoms with van der Waals surface area (Å²) in [7, 11) is 0. The van der Waals surface area contributed by atoms with Crippen LogP contribution in [0.4, 0.5) is 4.39 Å². The minimum Gasteiger partial charge on any atom is -0.462 e. The zero-order chi connectivity index (χ0) is 15.5. The molecule has 0 aliphatic carbocycles. The van der Waals surface area contributed by atoms with E-state index in [-0.39, 0.29) is 11.8 Å². The lowest BCUT2D eigenvalue weighted by atomic mass is 10.0. The van der Waals surface area contributed by atoms with Crippen molar-refractivity contribution in [2.45, 2.75) is 26.4 Å². The highest BCUT2D eigenvalue weighted by Gasteiger charge is 2.26. The molecule has 2 heterocycles. The highest BCUT2D eigenvalue weighted by molar-refractivity contribution is 7.12. The third-order valence-corrected chi connectivity index (χ3v) is 4.86. The number of benzene rings is 1. The van der Waals surface area contributed by atoms with E-state index in [0.29, 0.717) is 31.8 Å². The Balaban J connectivity index is 1.96. The molecule has 2 aromatic rings. The quantitative estimate of drug-likeness (QED) is 0.805. The van der Waals surface area contributed by atoms with Crippen molar-refractivity contribution in [1.29, 1.82) is 0 Å². The van der Waals surface area contributed by atoms with Gasteiger partial charge >= 0.3 is 5.97 Å². The average Bonchev–Trinajstić information content (AvgIpc) is 2.87. The highest BCUT2D eigenvalue weighted by Crippen LogP contribution is 2.34. The second-order valence-corrected chi connectivity index (χ2v) is 6.32.